The van der Waals surface area contributed by atoms with Crippen molar-refractivity contribution in [2.75, 3.05) is 0 Å². The molecule has 0 fully saturated rings. The Morgan fingerprint density at radius 2 is 1.24 bits per heavy atom. The van der Waals surface area contributed by atoms with Crippen molar-refractivity contribution >= 4 is 32.8 Å². The zero-order valence-electron chi connectivity index (χ0n) is 16.2. The van der Waals surface area contributed by atoms with Crippen LogP contribution in [0, 0.1) is 0 Å². The summed E-state index contributed by atoms with van der Waals surface area (Å²) in [5, 5.41) is 23.6. The maximum absolute atomic E-state index is 11.0. The molecule has 0 radical (unpaired) electrons. The number of aliphatic hydroxyl groups excluding tert-OH is 2. The number of hydrogen-bond donors (Lipinski definition) is 2. The summed E-state index contributed by atoms with van der Waals surface area (Å²) in [5.74, 6) is 0.576. The highest BCUT2D eigenvalue weighted by Gasteiger charge is 2.19. The van der Waals surface area contributed by atoms with Crippen molar-refractivity contribution < 1.29 is 10.2 Å². The van der Waals surface area contributed by atoms with Crippen LogP contribution in [0.2, 0.25) is 0 Å². The van der Waals surface area contributed by atoms with E-state index in [1.165, 1.54) is 10.8 Å². The highest BCUT2D eigenvalue weighted by atomic mass is 16.3. The van der Waals surface area contributed by atoms with Gasteiger partial charge in [0.2, 0.25) is 0 Å². The van der Waals surface area contributed by atoms with Crippen LogP contribution < -0.4 is 0 Å². The number of aliphatic hydroxyl groups is 2. The fourth-order valence-electron chi connectivity index (χ4n) is 4.28. The summed E-state index contributed by atoms with van der Waals surface area (Å²) < 4.78 is 4.11. The van der Waals surface area contributed by atoms with E-state index >= 15 is 0 Å². The van der Waals surface area contributed by atoms with Gasteiger partial charge in [-0.3, -0.25) is 0 Å². The van der Waals surface area contributed by atoms with Gasteiger partial charge in [-0.2, -0.15) is 0 Å². The monoisotopic (exact) mass is 385 g/mol. The molecular formula is C24H23N3O2. The van der Waals surface area contributed by atoms with Crippen LogP contribution in [0.1, 0.15) is 18.9 Å². The quantitative estimate of drug-likeness (QED) is 0.475. The topological polar surface area (TPSA) is 63.2 Å². The van der Waals surface area contributed by atoms with Crippen LogP contribution in [0.4, 0.5) is 0 Å². The summed E-state index contributed by atoms with van der Waals surface area (Å²) >= 11 is 0. The molecule has 0 aliphatic carbocycles. The van der Waals surface area contributed by atoms with E-state index in [1.807, 2.05) is 53.1 Å². The van der Waals surface area contributed by atoms with E-state index < -0.39 is 12.2 Å². The van der Waals surface area contributed by atoms with E-state index in [4.69, 9.17) is 0 Å². The van der Waals surface area contributed by atoms with E-state index in [-0.39, 0.29) is 0 Å². The minimum absolute atomic E-state index is 0.363. The number of nitrogens with zero attached hydrogens (tertiary/aromatic N) is 3. The Kier molecular flexibility index (Phi) is 4.34. The lowest BCUT2D eigenvalue weighted by molar-refractivity contribution is 0.129. The van der Waals surface area contributed by atoms with Gasteiger partial charge in [0.25, 0.3) is 0 Å². The first-order valence-corrected chi connectivity index (χ1v) is 9.91. The molecular weight excluding hydrogens is 362 g/mol. The molecule has 2 heterocycles. The molecule has 5 heteroatoms. The molecule has 5 nitrogen and oxygen atoms in total. The molecule has 0 aliphatic rings. The second-order valence-electron chi connectivity index (χ2n) is 7.54. The summed E-state index contributed by atoms with van der Waals surface area (Å²) in [4.78, 5) is 4.56. The summed E-state index contributed by atoms with van der Waals surface area (Å²) in [5.41, 5.74) is 3.97. The van der Waals surface area contributed by atoms with Gasteiger partial charge in [-0.05, 0) is 31.2 Å². The number of fused-ring (bicyclic) bond motifs is 4. The summed E-state index contributed by atoms with van der Waals surface area (Å²) in [7, 11) is 0. The minimum atomic E-state index is -0.706. The van der Waals surface area contributed by atoms with Crippen LogP contribution in [0.3, 0.4) is 0 Å². The molecule has 2 N–H and O–H groups in total. The smallest absolute Gasteiger partial charge is 0.138 e. The molecule has 0 saturated carbocycles. The van der Waals surface area contributed by atoms with Gasteiger partial charge in [-0.25, -0.2) is 4.98 Å². The Labute approximate surface area is 168 Å². The van der Waals surface area contributed by atoms with Crippen LogP contribution in [0.15, 0.2) is 72.8 Å². The van der Waals surface area contributed by atoms with Gasteiger partial charge in [0.05, 0.1) is 30.2 Å². The molecule has 29 heavy (non-hydrogen) atoms. The molecule has 5 rings (SSSR count). The van der Waals surface area contributed by atoms with Gasteiger partial charge in [0, 0.05) is 21.8 Å². The molecule has 0 saturated heterocycles. The van der Waals surface area contributed by atoms with Crippen LogP contribution in [0.25, 0.3) is 32.8 Å². The highest BCUT2D eigenvalue weighted by molar-refractivity contribution is 6.07. The first kappa shape index (κ1) is 17.9. The zero-order valence-corrected chi connectivity index (χ0v) is 16.2. The number of aromatic nitrogens is 3. The Bertz CT molecular complexity index is 1260. The van der Waals surface area contributed by atoms with E-state index in [2.05, 4.69) is 33.8 Å². The first-order valence-electron chi connectivity index (χ1n) is 9.91. The largest absolute Gasteiger partial charge is 0.389 e. The molecule has 146 valence electrons. The van der Waals surface area contributed by atoms with E-state index in [0.29, 0.717) is 18.9 Å². The minimum Gasteiger partial charge on any atom is -0.389 e. The second kappa shape index (κ2) is 7.03. The highest BCUT2D eigenvalue weighted by Crippen LogP contribution is 2.29. The molecule has 0 amide bonds. The first-order chi connectivity index (χ1) is 14.1. The van der Waals surface area contributed by atoms with Crippen molar-refractivity contribution in [3.05, 3.63) is 78.6 Å². The maximum atomic E-state index is 11.0. The Morgan fingerprint density at radius 1 is 0.724 bits per heavy atom. The van der Waals surface area contributed by atoms with Crippen LogP contribution in [-0.4, -0.2) is 30.4 Å². The molecule has 0 aliphatic heterocycles. The molecule has 2 aromatic heterocycles. The lowest BCUT2D eigenvalue weighted by Crippen LogP contribution is -2.23. The lowest BCUT2D eigenvalue weighted by Gasteiger charge is -2.17. The van der Waals surface area contributed by atoms with Crippen molar-refractivity contribution in [1.29, 1.82) is 0 Å². The van der Waals surface area contributed by atoms with Gasteiger partial charge in [0.15, 0.2) is 0 Å². The second-order valence-corrected chi connectivity index (χ2v) is 7.54. The fraction of sp³-hybridized carbons (Fsp3) is 0.208. The van der Waals surface area contributed by atoms with Gasteiger partial charge in [-0.1, -0.05) is 48.5 Å². The van der Waals surface area contributed by atoms with E-state index in [9.17, 15) is 10.2 Å². The Hall–Kier alpha value is -3.15. The van der Waals surface area contributed by atoms with Gasteiger partial charge >= 0.3 is 0 Å². The Balaban J connectivity index is 1.54. The number of rotatable bonds is 5. The normalized spacial score (nSPS) is 14.0. The third-order valence-corrected chi connectivity index (χ3v) is 5.52. The van der Waals surface area contributed by atoms with Crippen LogP contribution in [-0.2, 0) is 13.1 Å². The summed E-state index contributed by atoms with van der Waals surface area (Å²) in [6.45, 7) is 2.53. The zero-order chi connectivity index (χ0) is 20.0. The van der Waals surface area contributed by atoms with Crippen molar-refractivity contribution in [2.24, 2.45) is 0 Å². The predicted molar refractivity (Wildman–Crippen MR) is 116 cm³/mol. The molecule has 5 aromatic rings. The molecule has 2 unspecified atom stereocenters. The Morgan fingerprint density at radius 3 is 1.86 bits per heavy atom. The average Bonchev–Trinajstić information content (AvgIpc) is 3.25. The fourth-order valence-corrected chi connectivity index (χ4v) is 4.28. The third-order valence-electron chi connectivity index (χ3n) is 5.52. The standard InChI is InChI=1S/C24H23N3O2/c1-16(28)24-25-20-10-4-7-13-23(20)27(24)15-17(29)14-26-21-11-5-2-8-18(21)19-9-3-6-12-22(19)26/h2-13,16-17,28-29H,14-15H2,1H3. The van der Waals surface area contributed by atoms with Gasteiger partial charge in [-0.15, -0.1) is 0 Å². The summed E-state index contributed by atoms with van der Waals surface area (Å²) in [6.07, 6.45) is -1.34. The third kappa shape index (κ3) is 2.99. The van der Waals surface area contributed by atoms with Gasteiger partial charge in [0.1, 0.15) is 11.9 Å². The predicted octanol–water partition coefficient (Wildman–Crippen LogP) is 4.26. The van der Waals surface area contributed by atoms with Crippen molar-refractivity contribution in [2.45, 2.75) is 32.2 Å². The van der Waals surface area contributed by atoms with Crippen molar-refractivity contribution in [3.8, 4) is 0 Å². The maximum Gasteiger partial charge on any atom is 0.138 e. The van der Waals surface area contributed by atoms with E-state index in [0.717, 1.165) is 22.1 Å². The molecule has 0 bridgehead atoms. The number of para-hydroxylation sites is 4. The van der Waals surface area contributed by atoms with Crippen LogP contribution in [0.5, 0.6) is 0 Å². The SMILES string of the molecule is CC(O)c1nc2ccccc2n1CC(O)Cn1c2ccccc2c2ccccc21. The molecule has 0 spiro atoms. The van der Waals surface area contributed by atoms with Crippen molar-refractivity contribution in [1.82, 2.24) is 14.1 Å². The van der Waals surface area contributed by atoms with Crippen LogP contribution >= 0.6 is 0 Å². The molecule has 2 atom stereocenters. The van der Waals surface area contributed by atoms with Gasteiger partial charge < -0.3 is 19.3 Å². The van der Waals surface area contributed by atoms with Crippen molar-refractivity contribution in [3.63, 3.8) is 0 Å². The molecule has 3 aromatic carbocycles. The number of hydrogen-bond acceptors (Lipinski definition) is 3. The number of benzene rings is 3. The number of imidazole rings is 1. The lowest BCUT2D eigenvalue weighted by atomic mass is 10.2. The summed E-state index contributed by atoms with van der Waals surface area (Å²) in [6, 6.07) is 24.4. The van der Waals surface area contributed by atoms with E-state index in [1.54, 1.807) is 6.92 Å². The average molecular weight is 385 g/mol.